The summed E-state index contributed by atoms with van der Waals surface area (Å²) in [6.45, 7) is 1.99. The molecule has 0 saturated carbocycles. The zero-order valence-corrected chi connectivity index (χ0v) is 11.1. The third-order valence-corrected chi connectivity index (χ3v) is 2.73. The Bertz CT molecular complexity index is 499. The van der Waals surface area contributed by atoms with Gasteiger partial charge in [0.1, 0.15) is 6.33 Å². The summed E-state index contributed by atoms with van der Waals surface area (Å²) in [4.78, 5) is 0. The maximum Gasteiger partial charge on any atom is 0.176 e. The zero-order chi connectivity index (χ0) is 13.7. The van der Waals surface area contributed by atoms with Crippen LogP contribution in [0.15, 0.2) is 30.6 Å². The van der Waals surface area contributed by atoms with Crippen LogP contribution in [-0.4, -0.2) is 46.8 Å². The van der Waals surface area contributed by atoms with Gasteiger partial charge >= 0.3 is 0 Å². The van der Waals surface area contributed by atoms with E-state index < -0.39 is 0 Å². The average Bonchev–Trinajstić information content (AvgIpc) is 2.94. The van der Waals surface area contributed by atoms with E-state index in [1.165, 1.54) is 0 Å². The molecule has 7 nitrogen and oxygen atoms in total. The quantitative estimate of drug-likeness (QED) is 0.786. The Kier molecular flexibility index (Phi) is 4.43. The fourth-order valence-electron chi connectivity index (χ4n) is 1.85. The van der Waals surface area contributed by atoms with Crippen molar-refractivity contribution in [3.05, 3.63) is 30.6 Å². The molecule has 19 heavy (non-hydrogen) atoms. The normalized spacial score (nSPS) is 12.6. The van der Waals surface area contributed by atoms with E-state index in [4.69, 9.17) is 9.47 Å². The zero-order valence-electron chi connectivity index (χ0n) is 11.1. The van der Waals surface area contributed by atoms with Crippen LogP contribution in [0.1, 0.15) is 6.92 Å². The molecule has 7 heteroatoms. The van der Waals surface area contributed by atoms with Gasteiger partial charge in [-0.05, 0) is 35.5 Å². The minimum Gasteiger partial charge on any atom is -0.377 e. The lowest BCUT2D eigenvalue weighted by Gasteiger charge is -2.23. The van der Waals surface area contributed by atoms with Gasteiger partial charge in [-0.3, -0.25) is 0 Å². The first-order valence-corrected chi connectivity index (χ1v) is 5.90. The topological polar surface area (TPSA) is 74.1 Å². The van der Waals surface area contributed by atoms with Crippen LogP contribution >= 0.6 is 0 Å². The van der Waals surface area contributed by atoms with Crippen molar-refractivity contribution in [2.75, 3.05) is 19.5 Å². The first kappa shape index (κ1) is 13.4. The number of hydrogen-bond donors (Lipinski definition) is 1. The van der Waals surface area contributed by atoms with Gasteiger partial charge in [0, 0.05) is 19.9 Å². The molecule has 1 atom stereocenters. The number of nitrogens with zero attached hydrogens (tertiary/aromatic N) is 4. The molecule has 0 aliphatic heterocycles. The molecule has 0 fully saturated rings. The van der Waals surface area contributed by atoms with E-state index in [0.29, 0.717) is 0 Å². The van der Waals surface area contributed by atoms with E-state index in [1.807, 2.05) is 31.2 Å². The van der Waals surface area contributed by atoms with Gasteiger partial charge in [0.2, 0.25) is 0 Å². The van der Waals surface area contributed by atoms with E-state index in [9.17, 15) is 0 Å². The first-order chi connectivity index (χ1) is 9.24. The van der Waals surface area contributed by atoms with Crippen molar-refractivity contribution in [1.29, 1.82) is 0 Å². The first-order valence-electron chi connectivity index (χ1n) is 5.90. The fourth-order valence-corrected chi connectivity index (χ4v) is 1.85. The second-order valence-corrected chi connectivity index (χ2v) is 4.08. The number of methoxy groups -OCH3 is 2. The molecule has 102 valence electrons. The summed E-state index contributed by atoms with van der Waals surface area (Å²) in [7, 11) is 3.23. The SMILES string of the molecule is COC(OC)C(C)Nc1cccc(-n2cnnn2)c1. The fraction of sp³-hybridized carbons (Fsp3) is 0.417. The lowest BCUT2D eigenvalue weighted by Crippen LogP contribution is -2.33. The molecule has 1 N–H and O–H groups in total. The van der Waals surface area contributed by atoms with Crippen molar-refractivity contribution in [2.24, 2.45) is 0 Å². The molecule has 1 aromatic heterocycles. The molecule has 2 rings (SSSR count). The smallest absolute Gasteiger partial charge is 0.176 e. The standard InChI is InChI=1S/C12H17N5O2/c1-9(12(18-2)19-3)14-10-5-4-6-11(7-10)17-8-13-15-16-17/h4-9,12,14H,1-3H3. The number of hydrogen-bond acceptors (Lipinski definition) is 6. The predicted octanol–water partition coefficient (Wildman–Crippen LogP) is 1.08. The molecule has 0 saturated heterocycles. The highest BCUT2D eigenvalue weighted by molar-refractivity contribution is 5.51. The minimum atomic E-state index is -0.309. The summed E-state index contributed by atoms with van der Waals surface area (Å²) >= 11 is 0. The van der Waals surface area contributed by atoms with Crippen LogP contribution in [0.5, 0.6) is 0 Å². The van der Waals surface area contributed by atoms with E-state index in [-0.39, 0.29) is 12.3 Å². The molecule has 1 heterocycles. The highest BCUT2D eigenvalue weighted by Gasteiger charge is 2.15. The van der Waals surface area contributed by atoms with Crippen LogP contribution in [-0.2, 0) is 9.47 Å². The van der Waals surface area contributed by atoms with Gasteiger partial charge in [0.05, 0.1) is 11.7 Å². The van der Waals surface area contributed by atoms with Gasteiger partial charge < -0.3 is 14.8 Å². The van der Waals surface area contributed by atoms with Crippen LogP contribution < -0.4 is 5.32 Å². The van der Waals surface area contributed by atoms with E-state index in [1.54, 1.807) is 25.2 Å². The van der Waals surface area contributed by atoms with Gasteiger partial charge in [0.15, 0.2) is 6.29 Å². The Morgan fingerprint density at radius 3 is 2.68 bits per heavy atom. The van der Waals surface area contributed by atoms with Crippen molar-refractivity contribution in [1.82, 2.24) is 20.2 Å². The number of nitrogens with one attached hydrogen (secondary N) is 1. The Labute approximate surface area is 111 Å². The van der Waals surface area contributed by atoms with E-state index in [0.717, 1.165) is 11.4 Å². The molecular weight excluding hydrogens is 246 g/mol. The summed E-state index contributed by atoms with van der Waals surface area (Å²) in [5, 5.41) is 14.4. The van der Waals surface area contributed by atoms with Crippen molar-refractivity contribution >= 4 is 5.69 Å². The Hall–Kier alpha value is -1.99. The van der Waals surface area contributed by atoms with Crippen molar-refractivity contribution < 1.29 is 9.47 Å². The van der Waals surface area contributed by atoms with Gasteiger partial charge in [-0.1, -0.05) is 6.07 Å². The maximum absolute atomic E-state index is 5.21. The van der Waals surface area contributed by atoms with Crippen LogP contribution in [0, 0.1) is 0 Å². The maximum atomic E-state index is 5.21. The van der Waals surface area contributed by atoms with Crippen LogP contribution in [0.3, 0.4) is 0 Å². The van der Waals surface area contributed by atoms with Crippen molar-refractivity contribution in [3.63, 3.8) is 0 Å². The summed E-state index contributed by atoms with van der Waals surface area (Å²) in [5.41, 5.74) is 1.83. The monoisotopic (exact) mass is 263 g/mol. The molecular formula is C12H17N5O2. The Morgan fingerprint density at radius 2 is 2.05 bits per heavy atom. The number of rotatable bonds is 6. The lowest BCUT2D eigenvalue weighted by atomic mass is 10.2. The summed E-state index contributed by atoms with van der Waals surface area (Å²) < 4.78 is 12.0. The summed E-state index contributed by atoms with van der Waals surface area (Å²) in [6.07, 6.45) is 1.24. The molecule has 0 radical (unpaired) electrons. The summed E-state index contributed by atoms with van der Waals surface area (Å²) in [5.74, 6) is 0. The van der Waals surface area contributed by atoms with Crippen LogP contribution in [0.25, 0.3) is 5.69 Å². The number of ether oxygens (including phenoxy) is 2. The second-order valence-electron chi connectivity index (χ2n) is 4.08. The van der Waals surface area contributed by atoms with Crippen molar-refractivity contribution in [2.45, 2.75) is 19.3 Å². The third-order valence-electron chi connectivity index (χ3n) is 2.73. The lowest BCUT2D eigenvalue weighted by molar-refractivity contribution is -0.109. The van der Waals surface area contributed by atoms with Crippen molar-refractivity contribution in [3.8, 4) is 5.69 Å². The predicted molar refractivity (Wildman–Crippen MR) is 70.0 cm³/mol. The van der Waals surface area contributed by atoms with Gasteiger partial charge in [-0.2, -0.15) is 0 Å². The third kappa shape index (κ3) is 3.27. The van der Waals surface area contributed by atoms with Gasteiger partial charge in [-0.25, -0.2) is 4.68 Å². The minimum absolute atomic E-state index is 0.0131. The molecule has 1 unspecified atom stereocenters. The molecule has 0 amide bonds. The van der Waals surface area contributed by atoms with Gasteiger partial charge in [0.25, 0.3) is 0 Å². The van der Waals surface area contributed by atoms with E-state index in [2.05, 4.69) is 20.8 Å². The van der Waals surface area contributed by atoms with Gasteiger partial charge in [-0.15, -0.1) is 5.10 Å². The number of aromatic nitrogens is 4. The Morgan fingerprint density at radius 1 is 1.26 bits per heavy atom. The molecule has 0 bridgehead atoms. The molecule has 0 aliphatic rings. The second kappa shape index (κ2) is 6.26. The number of anilines is 1. The number of benzene rings is 1. The molecule has 0 spiro atoms. The number of tetrazole rings is 1. The molecule has 2 aromatic rings. The van der Waals surface area contributed by atoms with Crippen LogP contribution in [0.4, 0.5) is 5.69 Å². The van der Waals surface area contributed by atoms with E-state index >= 15 is 0 Å². The highest BCUT2D eigenvalue weighted by atomic mass is 16.7. The molecule has 1 aromatic carbocycles. The molecule has 0 aliphatic carbocycles. The highest BCUT2D eigenvalue weighted by Crippen LogP contribution is 2.15. The average molecular weight is 263 g/mol. The largest absolute Gasteiger partial charge is 0.377 e. The Balaban J connectivity index is 2.11. The van der Waals surface area contributed by atoms with Crippen LogP contribution in [0.2, 0.25) is 0 Å². The summed E-state index contributed by atoms with van der Waals surface area (Å²) in [6, 6.07) is 7.79.